The van der Waals surface area contributed by atoms with E-state index in [0.29, 0.717) is 5.69 Å². The number of carbonyl (C=O) groups is 1. The number of anilines is 1. The third-order valence-electron chi connectivity index (χ3n) is 2.80. The number of pyridine rings is 1. The lowest BCUT2D eigenvalue weighted by atomic mass is 10.1. The fraction of sp³-hybridized carbons (Fsp3) is 0.500. The molecule has 5 nitrogen and oxygen atoms in total. The van der Waals surface area contributed by atoms with E-state index in [0.717, 1.165) is 19.4 Å². The van der Waals surface area contributed by atoms with Gasteiger partial charge in [0.2, 0.25) is 0 Å². The van der Waals surface area contributed by atoms with Crippen molar-refractivity contribution in [1.29, 1.82) is 0 Å². The highest BCUT2D eigenvalue weighted by molar-refractivity contribution is 5.89. The van der Waals surface area contributed by atoms with E-state index in [-0.39, 0.29) is 18.2 Å². The Hall–Kier alpha value is -1.62. The lowest BCUT2D eigenvalue weighted by Gasteiger charge is -2.20. The van der Waals surface area contributed by atoms with Crippen LogP contribution >= 0.6 is 0 Å². The zero-order valence-corrected chi connectivity index (χ0v) is 9.85. The van der Waals surface area contributed by atoms with Crippen LogP contribution in [-0.4, -0.2) is 29.8 Å². The van der Waals surface area contributed by atoms with Gasteiger partial charge >= 0.3 is 6.03 Å². The third kappa shape index (κ3) is 3.42. The number of ether oxygens (including phenoxy) is 1. The summed E-state index contributed by atoms with van der Waals surface area (Å²) in [7, 11) is 0. The maximum absolute atomic E-state index is 11.7. The minimum absolute atomic E-state index is 0.0224. The topological polar surface area (TPSA) is 63.2 Å². The highest BCUT2D eigenvalue weighted by Gasteiger charge is 2.23. The van der Waals surface area contributed by atoms with Crippen LogP contribution in [0, 0.1) is 0 Å². The van der Waals surface area contributed by atoms with Gasteiger partial charge in [0.15, 0.2) is 0 Å². The molecule has 2 heterocycles. The molecule has 1 saturated heterocycles. The van der Waals surface area contributed by atoms with Crippen LogP contribution in [0.5, 0.6) is 0 Å². The first kappa shape index (κ1) is 11.9. The van der Waals surface area contributed by atoms with Crippen molar-refractivity contribution in [2.75, 3.05) is 11.9 Å². The Bertz CT molecular complexity index is 363. The van der Waals surface area contributed by atoms with Crippen molar-refractivity contribution in [2.24, 2.45) is 0 Å². The van der Waals surface area contributed by atoms with Gasteiger partial charge in [0.05, 0.1) is 24.0 Å². The normalized spacial score (nSPS) is 20.9. The fourth-order valence-corrected chi connectivity index (χ4v) is 1.90. The smallest absolute Gasteiger partial charge is 0.319 e. The molecule has 2 atom stereocenters. The molecule has 5 heteroatoms. The van der Waals surface area contributed by atoms with Crippen LogP contribution in [-0.2, 0) is 4.74 Å². The van der Waals surface area contributed by atoms with Crippen molar-refractivity contribution in [1.82, 2.24) is 10.3 Å². The number of aromatic nitrogens is 1. The zero-order valence-electron chi connectivity index (χ0n) is 9.85. The standard InChI is InChI=1S/C12H17N3O2/c1-9(11-5-3-7-17-11)14-12(16)15-10-4-2-6-13-8-10/h2,4,6,8-9,11H,3,5,7H2,1H3,(H2,14,15,16)/t9-,11+/m1/s1. The molecule has 0 aromatic carbocycles. The SMILES string of the molecule is C[C@@H](NC(=O)Nc1cccnc1)[C@@H]1CCCO1. The Morgan fingerprint density at radius 2 is 2.53 bits per heavy atom. The lowest BCUT2D eigenvalue weighted by molar-refractivity contribution is 0.0868. The molecule has 0 aliphatic carbocycles. The summed E-state index contributed by atoms with van der Waals surface area (Å²) < 4.78 is 5.51. The Morgan fingerprint density at radius 3 is 3.18 bits per heavy atom. The van der Waals surface area contributed by atoms with Gasteiger partial charge in [-0.15, -0.1) is 0 Å². The molecule has 2 N–H and O–H groups in total. The van der Waals surface area contributed by atoms with Gasteiger partial charge in [0.25, 0.3) is 0 Å². The van der Waals surface area contributed by atoms with Crippen molar-refractivity contribution in [2.45, 2.75) is 31.9 Å². The molecular weight excluding hydrogens is 218 g/mol. The summed E-state index contributed by atoms with van der Waals surface area (Å²) in [5, 5.41) is 5.60. The summed E-state index contributed by atoms with van der Waals surface area (Å²) in [6.07, 6.45) is 5.48. The average molecular weight is 235 g/mol. The van der Waals surface area contributed by atoms with Crippen molar-refractivity contribution in [3.8, 4) is 0 Å². The Morgan fingerprint density at radius 1 is 1.65 bits per heavy atom. The van der Waals surface area contributed by atoms with Crippen LogP contribution in [0.25, 0.3) is 0 Å². The number of nitrogens with one attached hydrogen (secondary N) is 2. The number of nitrogens with zero attached hydrogens (tertiary/aromatic N) is 1. The molecular formula is C12H17N3O2. The molecule has 0 radical (unpaired) electrons. The van der Waals surface area contributed by atoms with Crippen LogP contribution < -0.4 is 10.6 Å². The molecule has 2 rings (SSSR count). The highest BCUT2D eigenvalue weighted by Crippen LogP contribution is 2.15. The minimum Gasteiger partial charge on any atom is -0.376 e. The van der Waals surface area contributed by atoms with E-state index in [2.05, 4.69) is 15.6 Å². The van der Waals surface area contributed by atoms with Crippen LogP contribution in [0.15, 0.2) is 24.5 Å². The highest BCUT2D eigenvalue weighted by atomic mass is 16.5. The van der Waals surface area contributed by atoms with Crippen molar-refractivity contribution in [3.05, 3.63) is 24.5 Å². The Balaban J connectivity index is 1.80. The van der Waals surface area contributed by atoms with Gasteiger partial charge in [-0.2, -0.15) is 0 Å². The molecule has 1 aliphatic rings. The molecule has 1 fully saturated rings. The molecule has 0 unspecified atom stereocenters. The molecule has 0 saturated carbocycles. The van der Waals surface area contributed by atoms with Crippen LogP contribution in [0.4, 0.5) is 10.5 Å². The summed E-state index contributed by atoms with van der Waals surface area (Å²) in [5.74, 6) is 0. The first-order valence-electron chi connectivity index (χ1n) is 5.85. The molecule has 92 valence electrons. The van der Waals surface area contributed by atoms with Crippen LogP contribution in [0.1, 0.15) is 19.8 Å². The molecule has 1 aliphatic heterocycles. The maximum Gasteiger partial charge on any atom is 0.319 e. The summed E-state index contributed by atoms with van der Waals surface area (Å²) in [6.45, 7) is 2.75. The first-order valence-corrected chi connectivity index (χ1v) is 5.85. The molecule has 0 spiro atoms. The zero-order chi connectivity index (χ0) is 12.1. The van der Waals surface area contributed by atoms with E-state index in [1.807, 2.05) is 6.92 Å². The van der Waals surface area contributed by atoms with Crippen LogP contribution in [0.3, 0.4) is 0 Å². The van der Waals surface area contributed by atoms with E-state index in [1.165, 1.54) is 0 Å². The van der Waals surface area contributed by atoms with Crippen molar-refractivity contribution < 1.29 is 9.53 Å². The van der Waals surface area contributed by atoms with Crippen LogP contribution in [0.2, 0.25) is 0 Å². The van der Waals surface area contributed by atoms with E-state index >= 15 is 0 Å². The van der Waals surface area contributed by atoms with Crippen molar-refractivity contribution >= 4 is 11.7 Å². The predicted octanol–water partition coefficient (Wildman–Crippen LogP) is 1.77. The minimum atomic E-state index is -0.221. The molecule has 17 heavy (non-hydrogen) atoms. The predicted molar refractivity (Wildman–Crippen MR) is 64.8 cm³/mol. The van der Waals surface area contributed by atoms with Gasteiger partial charge in [-0.25, -0.2) is 4.79 Å². The van der Waals surface area contributed by atoms with Gasteiger partial charge in [0.1, 0.15) is 0 Å². The second-order valence-electron chi connectivity index (χ2n) is 4.18. The first-order chi connectivity index (χ1) is 8.25. The monoisotopic (exact) mass is 235 g/mol. The maximum atomic E-state index is 11.7. The number of hydrogen-bond donors (Lipinski definition) is 2. The van der Waals surface area contributed by atoms with Crippen molar-refractivity contribution in [3.63, 3.8) is 0 Å². The van der Waals surface area contributed by atoms with E-state index < -0.39 is 0 Å². The molecule has 1 aromatic rings. The Kier molecular flexibility index (Phi) is 3.93. The summed E-state index contributed by atoms with van der Waals surface area (Å²) in [5.41, 5.74) is 0.685. The second-order valence-corrected chi connectivity index (χ2v) is 4.18. The number of hydrogen-bond acceptors (Lipinski definition) is 3. The van der Waals surface area contributed by atoms with E-state index in [9.17, 15) is 4.79 Å². The molecule has 2 amide bonds. The summed E-state index contributed by atoms with van der Waals surface area (Å²) >= 11 is 0. The Labute approximate surface area is 101 Å². The number of rotatable bonds is 3. The van der Waals surface area contributed by atoms with Gasteiger partial charge in [0, 0.05) is 12.8 Å². The van der Waals surface area contributed by atoms with Gasteiger partial charge in [-0.05, 0) is 31.9 Å². The fourth-order valence-electron chi connectivity index (χ4n) is 1.90. The quantitative estimate of drug-likeness (QED) is 0.839. The number of amides is 2. The lowest BCUT2D eigenvalue weighted by Crippen LogP contribution is -2.42. The van der Waals surface area contributed by atoms with Gasteiger partial charge in [-0.1, -0.05) is 0 Å². The van der Waals surface area contributed by atoms with E-state index in [4.69, 9.17) is 4.74 Å². The molecule has 0 bridgehead atoms. The summed E-state index contributed by atoms with van der Waals surface area (Å²) in [6, 6.07) is 3.37. The summed E-state index contributed by atoms with van der Waals surface area (Å²) in [4.78, 5) is 15.6. The number of urea groups is 1. The van der Waals surface area contributed by atoms with Gasteiger partial charge < -0.3 is 15.4 Å². The van der Waals surface area contributed by atoms with Gasteiger partial charge in [-0.3, -0.25) is 4.98 Å². The second kappa shape index (κ2) is 5.63. The third-order valence-corrected chi connectivity index (χ3v) is 2.80. The average Bonchev–Trinajstić information content (AvgIpc) is 2.83. The largest absolute Gasteiger partial charge is 0.376 e. The molecule has 1 aromatic heterocycles. The number of carbonyl (C=O) groups excluding carboxylic acids is 1. The van der Waals surface area contributed by atoms with E-state index in [1.54, 1.807) is 24.5 Å².